The molecule has 0 fully saturated rings. The first-order valence-corrected chi connectivity index (χ1v) is 7.93. The highest BCUT2D eigenvalue weighted by molar-refractivity contribution is 9.10. The topological polar surface area (TPSA) is 165 Å². The van der Waals surface area contributed by atoms with Gasteiger partial charge in [-0.2, -0.15) is 0 Å². The fourth-order valence-electron chi connectivity index (χ4n) is 2.09. The van der Waals surface area contributed by atoms with Crippen molar-refractivity contribution >= 4 is 39.7 Å². The van der Waals surface area contributed by atoms with Gasteiger partial charge >= 0.3 is 22.9 Å². The second kappa shape index (κ2) is 8.31. The molecule has 0 radical (unpaired) electrons. The number of H-pyrrole nitrogens is 2. The third kappa shape index (κ3) is 4.82. The highest BCUT2D eigenvalue weighted by Gasteiger charge is 2.19. The van der Waals surface area contributed by atoms with E-state index in [2.05, 4.69) is 20.9 Å². The second-order valence-electron chi connectivity index (χ2n) is 4.98. The number of methoxy groups -OCH3 is 1. The lowest BCUT2D eigenvalue weighted by Crippen LogP contribution is -2.25. The van der Waals surface area contributed by atoms with Gasteiger partial charge in [-0.15, -0.1) is 0 Å². The number of ether oxygens (including phenoxy) is 2. The van der Waals surface area contributed by atoms with Crippen molar-refractivity contribution in [3.8, 4) is 11.5 Å². The predicted molar refractivity (Wildman–Crippen MR) is 97.1 cm³/mol. The third-order valence-electron chi connectivity index (χ3n) is 3.16. The molecule has 2 rings (SSSR count). The van der Waals surface area contributed by atoms with Crippen molar-refractivity contribution in [3.63, 3.8) is 0 Å². The summed E-state index contributed by atoms with van der Waals surface area (Å²) in [6.45, 7) is -0.579. The number of hydrogen-bond donors (Lipinski definition) is 3. The van der Waals surface area contributed by atoms with Crippen molar-refractivity contribution in [3.05, 3.63) is 58.8 Å². The molecule has 0 saturated heterocycles. The average Bonchev–Trinajstić information content (AvgIpc) is 2.57. The number of benzene rings is 1. The number of nitrogens with one attached hydrogen (secondary N) is 2. The predicted octanol–water partition coefficient (Wildman–Crippen LogP) is 1.38. The monoisotopic (exact) mass is 441 g/mol. The van der Waals surface area contributed by atoms with Crippen molar-refractivity contribution in [2.45, 2.75) is 0 Å². The first-order chi connectivity index (χ1) is 12.7. The molecule has 0 aliphatic heterocycles. The highest BCUT2D eigenvalue weighted by Crippen LogP contribution is 2.37. The van der Waals surface area contributed by atoms with Gasteiger partial charge in [-0.05, 0) is 39.7 Å². The minimum absolute atomic E-state index is 0.160. The van der Waals surface area contributed by atoms with Crippen LogP contribution >= 0.6 is 15.9 Å². The molecular formula is C15H12BrN3O8. The van der Waals surface area contributed by atoms with Crippen LogP contribution in [0.15, 0.2) is 26.2 Å². The zero-order valence-electron chi connectivity index (χ0n) is 13.6. The van der Waals surface area contributed by atoms with Gasteiger partial charge in [0.25, 0.3) is 0 Å². The van der Waals surface area contributed by atoms with Crippen molar-refractivity contribution in [1.82, 2.24) is 9.97 Å². The first-order valence-electron chi connectivity index (χ1n) is 7.14. The largest absolute Gasteiger partial charge is 0.493 e. The number of hydrogen-bond acceptors (Lipinski definition) is 7. The Bertz CT molecular complexity index is 1040. The van der Waals surface area contributed by atoms with E-state index in [0.717, 1.165) is 0 Å². The summed E-state index contributed by atoms with van der Waals surface area (Å²) in [4.78, 5) is 47.7. The molecule has 3 N–H and O–H groups in total. The first kappa shape index (κ1) is 19.9. The van der Waals surface area contributed by atoms with E-state index >= 15 is 0 Å². The van der Waals surface area contributed by atoms with Crippen molar-refractivity contribution in [2.75, 3.05) is 13.7 Å². The van der Waals surface area contributed by atoms with Gasteiger partial charge in [0, 0.05) is 0 Å². The fraction of sp³-hybridized carbons (Fsp3) is 0.133. The van der Waals surface area contributed by atoms with E-state index < -0.39 is 34.4 Å². The minimum Gasteiger partial charge on any atom is -0.493 e. The molecule has 0 spiro atoms. The Kier molecular flexibility index (Phi) is 6.13. The molecule has 0 unspecified atom stereocenters. The van der Waals surface area contributed by atoms with Crippen LogP contribution in [0.3, 0.4) is 0 Å². The molecular weight excluding hydrogens is 430 g/mol. The molecule has 27 heavy (non-hydrogen) atoms. The molecule has 1 heterocycles. The smallest absolute Gasteiger partial charge is 0.357 e. The van der Waals surface area contributed by atoms with Gasteiger partial charge < -0.3 is 19.6 Å². The van der Waals surface area contributed by atoms with Crippen LogP contribution in [-0.4, -0.2) is 39.7 Å². The Hall–Kier alpha value is -3.41. The standard InChI is InChI=1S/C15H12BrN3O8/c1-26-10-5-7(4-8(16)13(10)27-6-11(20)21)2-3-9-12(19(24)25)14(22)18-15(23)17-9/h2-5H,6H2,1H3,(H,20,21)(H2,17,18,22,23). The number of aromatic nitrogens is 2. The molecule has 0 atom stereocenters. The Labute approximate surface area is 158 Å². The van der Waals surface area contributed by atoms with Gasteiger partial charge in [-0.1, -0.05) is 6.08 Å². The summed E-state index contributed by atoms with van der Waals surface area (Å²) in [5, 5.41) is 19.7. The average molecular weight is 442 g/mol. The maximum absolute atomic E-state index is 11.6. The van der Waals surface area contributed by atoms with Crippen molar-refractivity contribution in [1.29, 1.82) is 0 Å². The van der Waals surface area contributed by atoms with Gasteiger partial charge in [0.2, 0.25) is 0 Å². The number of rotatable bonds is 7. The van der Waals surface area contributed by atoms with Crippen LogP contribution in [-0.2, 0) is 4.79 Å². The number of carboxylic acid groups (broad SMARTS) is 1. The van der Waals surface area contributed by atoms with E-state index in [0.29, 0.717) is 10.0 Å². The Morgan fingerprint density at radius 1 is 1.33 bits per heavy atom. The van der Waals surface area contributed by atoms with Gasteiger partial charge in [0.1, 0.15) is 5.69 Å². The summed E-state index contributed by atoms with van der Waals surface area (Å²) >= 11 is 3.22. The quantitative estimate of drug-likeness (QED) is 0.427. The van der Waals surface area contributed by atoms with Crippen LogP contribution in [0, 0.1) is 10.1 Å². The van der Waals surface area contributed by atoms with Crippen LogP contribution in [0.2, 0.25) is 0 Å². The third-order valence-corrected chi connectivity index (χ3v) is 3.75. The van der Waals surface area contributed by atoms with Crippen molar-refractivity contribution in [2.24, 2.45) is 0 Å². The van der Waals surface area contributed by atoms with Crippen LogP contribution in [0.4, 0.5) is 5.69 Å². The number of carbonyl (C=O) groups is 1. The lowest BCUT2D eigenvalue weighted by atomic mass is 10.1. The highest BCUT2D eigenvalue weighted by atomic mass is 79.9. The van der Waals surface area contributed by atoms with E-state index in [9.17, 15) is 24.5 Å². The van der Waals surface area contributed by atoms with E-state index in [1.165, 1.54) is 31.4 Å². The van der Waals surface area contributed by atoms with E-state index in [4.69, 9.17) is 14.6 Å². The van der Waals surface area contributed by atoms with Gasteiger partial charge in [0.05, 0.1) is 16.5 Å². The molecule has 12 heteroatoms. The molecule has 1 aromatic heterocycles. The van der Waals surface area contributed by atoms with E-state index in [1.807, 2.05) is 0 Å². The molecule has 0 bridgehead atoms. The number of carboxylic acids is 1. The summed E-state index contributed by atoms with van der Waals surface area (Å²) in [6.07, 6.45) is 2.58. The summed E-state index contributed by atoms with van der Waals surface area (Å²) in [5.41, 5.74) is -2.63. The summed E-state index contributed by atoms with van der Waals surface area (Å²) in [6, 6.07) is 3.02. The molecule has 1 aromatic carbocycles. The van der Waals surface area contributed by atoms with Gasteiger partial charge in [-0.25, -0.2) is 9.59 Å². The lowest BCUT2D eigenvalue weighted by molar-refractivity contribution is -0.386. The number of halogens is 1. The summed E-state index contributed by atoms with van der Waals surface area (Å²) in [5.74, 6) is -0.801. The zero-order chi connectivity index (χ0) is 20.1. The molecule has 0 aliphatic carbocycles. The number of aromatic amines is 2. The van der Waals surface area contributed by atoms with Crippen molar-refractivity contribution < 1.29 is 24.3 Å². The number of nitrogens with zero attached hydrogens (tertiary/aromatic N) is 1. The maximum Gasteiger partial charge on any atom is 0.357 e. The SMILES string of the molecule is COc1cc(C=Cc2[nH]c(=O)[nH]c(=O)c2[N+](=O)[O-])cc(Br)c1OCC(=O)O. The van der Waals surface area contributed by atoms with Crippen LogP contribution in [0.25, 0.3) is 12.2 Å². The minimum atomic E-state index is -1.17. The van der Waals surface area contributed by atoms with Crippen LogP contribution in [0.1, 0.15) is 11.3 Å². The zero-order valence-corrected chi connectivity index (χ0v) is 15.2. The normalized spacial score (nSPS) is 10.7. The van der Waals surface area contributed by atoms with E-state index in [-0.39, 0.29) is 17.2 Å². The molecule has 142 valence electrons. The number of nitro groups is 1. The molecule has 0 aliphatic rings. The lowest BCUT2D eigenvalue weighted by Gasteiger charge is -2.12. The summed E-state index contributed by atoms with van der Waals surface area (Å²) in [7, 11) is 1.35. The molecule has 0 amide bonds. The maximum atomic E-state index is 11.6. The summed E-state index contributed by atoms with van der Waals surface area (Å²) < 4.78 is 10.7. The van der Waals surface area contributed by atoms with Gasteiger partial charge in [0.15, 0.2) is 18.1 Å². The van der Waals surface area contributed by atoms with Crippen LogP contribution in [0.5, 0.6) is 11.5 Å². The molecule has 11 nitrogen and oxygen atoms in total. The number of aliphatic carboxylic acids is 1. The van der Waals surface area contributed by atoms with Crippen LogP contribution < -0.4 is 20.7 Å². The fourth-order valence-corrected chi connectivity index (χ4v) is 2.66. The molecule has 0 saturated carbocycles. The second-order valence-corrected chi connectivity index (χ2v) is 5.83. The molecule has 2 aromatic rings. The Morgan fingerprint density at radius 3 is 2.63 bits per heavy atom. The Balaban J connectivity index is 2.45. The van der Waals surface area contributed by atoms with Gasteiger partial charge in [-0.3, -0.25) is 19.9 Å². The Morgan fingerprint density at radius 2 is 2.04 bits per heavy atom. The van der Waals surface area contributed by atoms with E-state index in [1.54, 1.807) is 4.98 Å².